The maximum atomic E-state index is 5.50. The van der Waals surface area contributed by atoms with E-state index in [1.165, 1.54) is 4.88 Å². The third kappa shape index (κ3) is 3.67. The molecule has 0 aromatic carbocycles. The van der Waals surface area contributed by atoms with E-state index in [-0.39, 0.29) is 6.04 Å². The summed E-state index contributed by atoms with van der Waals surface area (Å²) in [7, 11) is 1.71. The molecule has 0 saturated heterocycles. The normalized spacial score (nSPS) is 13.1. The van der Waals surface area contributed by atoms with E-state index < -0.39 is 0 Å². The van der Waals surface area contributed by atoms with Crippen molar-refractivity contribution in [2.45, 2.75) is 18.9 Å². The third-order valence-corrected chi connectivity index (χ3v) is 3.78. The molecule has 3 N–H and O–H groups in total. The molecular formula is C9H15BrN2OS. The lowest BCUT2D eigenvalue weighted by atomic mass is 10.1. The summed E-state index contributed by atoms with van der Waals surface area (Å²) >= 11 is 5.14. The van der Waals surface area contributed by atoms with Gasteiger partial charge in [-0.25, -0.2) is 0 Å². The molecule has 14 heavy (non-hydrogen) atoms. The molecule has 0 fully saturated rings. The summed E-state index contributed by atoms with van der Waals surface area (Å²) < 4.78 is 6.12. The van der Waals surface area contributed by atoms with Gasteiger partial charge >= 0.3 is 0 Å². The van der Waals surface area contributed by atoms with E-state index in [1.54, 1.807) is 18.4 Å². The van der Waals surface area contributed by atoms with Crippen LogP contribution in [0.4, 0.5) is 0 Å². The number of methoxy groups -OCH3 is 1. The van der Waals surface area contributed by atoms with Crippen molar-refractivity contribution in [3.63, 3.8) is 0 Å². The Labute approximate surface area is 96.7 Å². The zero-order valence-electron chi connectivity index (χ0n) is 8.13. The fraction of sp³-hybridized carbons (Fsp3) is 0.556. The molecule has 5 heteroatoms. The van der Waals surface area contributed by atoms with Crippen molar-refractivity contribution in [1.82, 2.24) is 5.43 Å². The summed E-state index contributed by atoms with van der Waals surface area (Å²) in [5, 5.41) is 2.07. The predicted molar refractivity (Wildman–Crippen MR) is 63.2 cm³/mol. The average molecular weight is 279 g/mol. The van der Waals surface area contributed by atoms with Gasteiger partial charge in [0, 0.05) is 28.4 Å². The zero-order chi connectivity index (χ0) is 10.4. The van der Waals surface area contributed by atoms with Crippen molar-refractivity contribution in [1.29, 1.82) is 0 Å². The Balaban J connectivity index is 2.45. The lowest BCUT2D eigenvalue weighted by Gasteiger charge is -2.13. The Morgan fingerprint density at radius 1 is 1.71 bits per heavy atom. The van der Waals surface area contributed by atoms with Gasteiger partial charge in [0.1, 0.15) is 0 Å². The molecule has 1 aromatic rings. The van der Waals surface area contributed by atoms with E-state index in [9.17, 15) is 0 Å². The molecule has 1 atom stereocenters. The van der Waals surface area contributed by atoms with Crippen LogP contribution < -0.4 is 11.3 Å². The van der Waals surface area contributed by atoms with Crippen LogP contribution in [-0.2, 0) is 4.74 Å². The molecular weight excluding hydrogens is 264 g/mol. The van der Waals surface area contributed by atoms with Gasteiger partial charge in [-0.2, -0.15) is 0 Å². The van der Waals surface area contributed by atoms with E-state index in [1.807, 2.05) is 0 Å². The second-order valence-corrected chi connectivity index (χ2v) is 4.88. The highest BCUT2D eigenvalue weighted by Crippen LogP contribution is 2.27. The fourth-order valence-electron chi connectivity index (χ4n) is 1.25. The second-order valence-electron chi connectivity index (χ2n) is 3.02. The van der Waals surface area contributed by atoms with Crippen LogP contribution in [0.3, 0.4) is 0 Å². The van der Waals surface area contributed by atoms with Crippen LogP contribution in [0, 0.1) is 0 Å². The molecule has 0 aliphatic carbocycles. The van der Waals surface area contributed by atoms with Gasteiger partial charge in [-0.1, -0.05) is 0 Å². The van der Waals surface area contributed by atoms with Crippen LogP contribution in [0.25, 0.3) is 0 Å². The highest BCUT2D eigenvalue weighted by molar-refractivity contribution is 9.10. The molecule has 0 spiro atoms. The quantitative estimate of drug-likeness (QED) is 0.477. The first-order chi connectivity index (χ1) is 6.77. The minimum atomic E-state index is 0.237. The Kier molecular flexibility index (Phi) is 5.66. The first-order valence-corrected chi connectivity index (χ1v) is 6.14. The molecule has 0 aliphatic rings. The summed E-state index contributed by atoms with van der Waals surface area (Å²) in [5.74, 6) is 5.50. The molecule has 1 rings (SSSR count). The van der Waals surface area contributed by atoms with Crippen LogP contribution >= 0.6 is 27.3 Å². The van der Waals surface area contributed by atoms with E-state index >= 15 is 0 Å². The minimum absolute atomic E-state index is 0.237. The Morgan fingerprint density at radius 2 is 2.50 bits per heavy atom. The molecule has 3 nitrogen and oxygen atoms in total. The first kappa shape index (κ1) is 12.1. The summed E-state index contributed by atoms with van der Waals surface area (Å²) in [6, 6.07) is 2.34. The number of hydrazine groups is 1. The monoisotopic (exact) mass is 278 g/mol. The number of ether oxygens (including phenoxy) is 1. The Morgan fingerprint density at radius 3 is 3.00 bits per heavy atom. The molecule has 0 amide bonds. The van der Waals surface area contributed by atoms with E-state index in [0.29, 0.717) is 0 Å². The van der Waals surface area contributed by atoms with Crippen LogP contribution in [0.1, 0.15) is 23.8 Å². The molecule has 1 heterocycles. The molecule has 1 aromatic heterocycles. The molecule has 1 unspecified atom stereocenters. The SMILES string of the molecule is COCCCC(NN)c1cc(Br)cs1. The van der Waals surface area contributed by atoms with Crippen molar-refractivity contribution in [2.24, 2.45) is 5.84 Å². The first-order valence-electron chi connectivity index (χ1n) is 4.47. The van der Waals surface area contributed by atoms with Crippen molar-refractivity contribution in [2.75, 3.05) is 13.7 Å². The van der Waals surface area contributed by atoms with Crippen LogP contribution in [0.15, 0.2) is 15.9 Å². The topological polar surface area (TPSA) is 47.3 Å². The average Bonchev–Trinajstić information content (AvgIpc) is 2.60. The van der Waals surface area contributed by atoms with Gasteiger partial charge in [0.25, 0.3) is 0 Å². The van der Waals surface area contributed by atoms with Gasteiger partial charge < -0.3 is 4.74 Å². The van der Waals surface area contributed by atoms with Crippen LogP contribution in [0.2, 0.25) is 0 Å². The standard InChI is InChI=1S/C9H15BrN2OS/c1-13-4-2-3-8(12-11)9-5-7(10)6-14-9/h5-6,8,12H,2-4,11H2,1H3. The number of halogens is 1. The van der Waals surface area contributed by atoms with E-state index in [0.717, 1.165) is 23.9 Å². The maximum absolute atomic E-state index is 5.50. The van der Waals surface area contributed by atoms with Gasteiger partial charge in [0.05, 0.1) is 6.04 Å². The van der Waals surface area contributed by atoms with Crippen molar-refractivity contribution >= 4 is 27.3 Å². The number of nitrogens with one attached hydrogen (secondary N) is 1. The minimum Gasteiger partial charge on any atom is -0.385 e. The highest BCUT2D eigenvalue weighted by Gasteiger charge is 2.11. The molecule has 0 bridgehead atoms. The Bertz CT molecular complexity index is 267. The van der Waals surface area contributed by atoms with Crippen LogP contribution in [-0.4, -0.2) is 13.7 Å². The number of nitrogens with two attached hydrogens (primary N) is 1. The lowest BCUT2D eigenvalue weighted by molar-refractivity contribution is 0.189. The number of hydrogen-bond donors (Lipinski definition) is 2. The summed E-state index contributed by atoms with van der Waals surface area (Å²) in [5.41, 5.74) is 2.82. The van der Waals surface area contributed by atoms with Crippen molar-refractivity contribution in [3.05, 3.63) is 20.8 Å². The molecule has 0 saturated carbocycles. The van der Waals surface area contributed by atoms with Gasteiger partial charge in [0.15, 0.2) is 0 Å². The summed E-state index contributed by atoms with van der Waals surface area (Å²) in [6.45, 7) is 0.782. The molecule has 0 radical (unpaired) electrons. The summed E-state index contributed by atoms with van der Waals surface area (Å²) in [4.78, 5) is 1.26. The van der Waals surface area contributed by atoms with Gasteiger partial charge in [-0.15, -0.1) is 11.3 Å². The largest absolute Gasteiger partial charge is 0.385 e. The van der Waals surface area contributed by atoms with Crippen LogP contribution in [0.5, 0.6) is 0 Å². The third-order valence-electron chi connectivity index (χ3n) is 1.97. The lowest BCUT2D eigenvalue weighted by Crippen LogP contribution is -2.27. The molecule has 0 aliphatic heterocycles. The van der Waals surface area contributed by atoms with E-state index in [4.69, 9.17) is 10.6 Å². The second kappa shape index (κ2) is 6.53. The Hall–Kier alpha value is 0.0600. The summed E-state index contributed by atoms with van der Waals surface area (Å²) in [6.07, 6.45) is 2.01. The molecule has 80 valence electrons. The van der Waals surface area contributed by atoms with E-state index in [2.05, 4.69) is 32.8 Å². The number of rotatable bonds is 6. The van der Waals surface area contributed by atoms with Gasteiger partial charge in [-0.3, -0.25) is 11.3 Å². The van der Waals surface area contributed by atoms with Gasteiger partial charge in [0.2, 0.25) is 0 Å². The van der Waals surface area contributed by atoms with Gasteiger partial charge in [-0.05, 0) is 34.8 Å². The van der Waals surface area contributed by atoms with Crippen molar-refractivity contribution in [3.8, 4) is 0 Å². The fourth-order valence-corrected chi connectivity index (χ4v) is 2.79. The number of thiophene rings is 1. The van der Waals surface area contributed by atoms with Crippen molar-refractivity contribution < 1.29 is 4.74 Å². The number of hydrogen-bond acceptors (Lipinski definition) is 4. The zero-order valence-corrected chi connectivity index (χ0v) is 10.5. The maximum Gasteiger partial charge on any atom is 0.0554 e. The predicted octanol–water partition coefficient (Wildman–Crippen LogP) is 2.44. The smallest absolute Gasteiger partial charge is 0.0554 e. The highest BCUT2D eigenvalue weighted by atomic mass is 79.9.